The number of carbonyl (C=O) groups is 2. The zero-order valence-corrected chi connectivity index (χ0v) is 16.7. The van der Waals surface area contributed by atoms with Gasteiger partial charge in [0.05, 0.1) is 5.38 Å². The maximum Gasteiger partial charge on any atom is 0.339 e. The average molecular weight is 414 g/mol. The molecule has 0 fully saturated rings. The van der Waals surface area contributed by atoms with Crippen molar-refractivity contribution < 1.29 is 14.7 Å². The van der Waals surface area contributed by atoms with Crippen molar-refractivity contribution in [2.75, 3.05) is 5.32 Å². The van der Waals surface area contributed by atoms with Gasteiger partial charge in [-0.05, 0) is 41.9 Å². The third kappa shape index (κ3) is 3.77. The van der Waals surface area contributed by atoms with Crippen molar-refractivity contribution in [3.8, 4) is 0 Å². The maximum atomic E-state index is 12.6. The first kappa shape index (κ1) is 19.0. The van der Waals surface area contributed by atoms with Gasteiger partial charge in [0.15, 0.2) is 0 Å². The van der Waals surface area contributed by atoms with Crippen LogP contribution in [0.5, 0.6) is 0 Å². The molecule has 28 heavy (non-hydrogen) atoms. The monoisotopic (exact) mass is 413 g/mol. The van der Waals surface area contributed by atoms with Crippen LogP contribution in [0.25, 0.3) is 5.57 Å². The molecule has 2 N–H and O–H groups in total. The highest BCUT2D eigenvalue weighted by atomic mass is 35.5. The number of halogens is 1. The van der Waals surface area contributed by atoms with Gasteiger partial charge in [-0.25, -0.2) is 4.79 Å². The minimum atomic E-state index is -1.04. The molecule has 0 saturated carbocycles. The van der Waals surface area contributed by atoms with Crippen molar-refractivity contribution in [2.45, 2.75) is 37.0 Å². The second kappa shape index (κ2) is 7.94. The van der Waals surface area contributed by atoms with Gasteiger partial charge in [0.1, 0.15) is 10.6 Å². The highest BCUT2D eigenvalue weighted by Crippen LogP contribution is 2.38. The van der Waals surface area contributed by atoms with E-state index in [1.54, 1.807) is 5.38 Å². The molecule has 0 spiro atoms. The van der Waals surface area contributed by atoms with E-state index in [4.69, 9.17) is 11.6 Å². The van der Waals surface area contributed by atoms with Crippen molar-refractivity contribution in [2.24, 2.45) is 0 Å². The highest BCUT2D eigenvalue weighted by molar-refractivity contribution is 7.15. The molecule has 6 heteroatoms. The number of carboxylic acid groups (broad SMARTS) is 1. The van der Waals surface area contributed by atoms with Gasteiger partial charge in [-0.15, -0.1) is 22.9 Å². The Hall–Kier alpha value is -2.37. The van der Waals surface area contributed by atoms with E-state index in [1.165, 1.54) is 22.5 Å². The molecule has 0 bridgehead atoms. The van der Waals surface area contributed by atoms with Gasteiger partial charge in [-0.2, -0.15) is 0 Å². The minimum Gasteiger partial charge on any atom is -0.478 e. The summed E-state index contributed by atoms with van der Waals surface area (Å²) in [4.78, 5) is 24.5. The Kier molecular flexibility index (Phi) is 5.38. The number of rotatable bonds is 5. The summed E-state index contributed by atoms with van der Waals surface area (Å²) in [5.74, 6) is -1.000. The van der Waals surface area contributed by atoms with E-state index >= 15 is 0 Å². The van der Waals surface area contributed by atoms with Gasteiger partial charge in [-0.3, -0.25) is 4.79 Å². The normalized spacial score (nSPS) is 20.5. The number of thiophene rings is 1. The summed E-state index contributed by atoms with van der Waals surface area (Å²) in [5, 5.41) is 14.7. The van der Waals surface area contributed by atoms with Gasteiger partial charge in [0.2, 0.25) is 5.91 Å². The zero-order chi connectivity index (χ0) is 19.7. The van der Waals surface area contributed by atoms with E-state index in [9.17, 15) is 14.7 Å². The lowest BCUT2D eigenvalue weighted by molar-refractivity contribution is -0.116. The van der Waals surface area contributed by atoms with E-state index in [-0.39, 0.29) is 22.8 Å². The lowest BCUT2D eigenvalue weighted by Gasteiger charge is -2.13. The first-order chi connectivity index (χ1) is 13.5. The standard InChI is InChI=1S/C22H20ClNO3S/c23-16-9-7-14(8-10-16)18-12-28-21(20(18)22(26)27)24-19(25)11-15-6-5-13-3-1-2-4-17(13)15/h1-4,7-9,12,15-16H,5-6,10-11H2,(H,24,25)(H,26,27). The number of nitrogens with one attached hydrogen (secondary N) is 1. The molecular formula is C22H20ClNO3S. The molecule has 2 unspecified atom stereocenters. The Morgan fingerprint density at radius 1 is 1.29 bits per heavy atom. The topological polar surface area (TPSA) is 66.4 Å². The van der Waals surface area contributed by atoms with Crippen LogP contribution < -0.4 is 5.32 Å². The number of allylic oxidation sites excluding steroid dienone is 4. The Morgan fingerprint density at radius 3 is 2.86 bits per heavy atom. The molecule has 4 nitrogen and oxygen atoms in total. The Morgan fingerprint density at radius 2 is 2.11 bits per heavy atom. The molecule has 2 atom stereocenters. The van der Waals surface area contributed by atoms with Crippen LogP contribution in [-0.2, 0) is 11.2 Å². The van der Waals surface area contributed by atoms with E-state index in [2.05, 4.69) is 17.4 Å². The first-order valence-electron chi connectivity index (χ1n) is 9.28. The SMILES string of the molecule is O=C(CC1CCc2ccccc21)Nc1scc(C2=CCC(Cl)C=C2)c1C(=O)O. The van der Waals surface area contributed by atoms with Gasteiger partial charge in [0, 0.05) is 17.4 Å². The molecule has 2 aliphatic rings. The zero-order valence-electron chi connectivity index (χ0n) is 15.2. The Labute approximate surface area is 172 Å². The predicted molar refractivity (Wildman–Crippen MR) is 113 cm³/mol. The van der Waals surface area contributed by atoms with Crippen LogP contribution in [0.2, 0.25) is 0 Å². The van der Waals surface area contributed by atoms with Crippen LogP contribution in [0.4, 0.5) is 5.00 Å². The molecule has 1 heterocycles. The lowest BCUT2D eigenvalue weighted by Crippen LogP contribution is -2.16. The van der Waals surface area contributed by atoms with E-state index in [0.717, 1.165) is 18.4 Å². The highest BCUT2D eigenvalue weighted by Gasteiger charge is 2.26. The van der Waals surface area contributed by atoms with Gasteiger partial charge >= 0.3 is 5.97 Å². The summed E-state index contributed by atoms with van der Waals surface area (Å²) in [6.07, 6.45) is 8.59. The molecule has 4 rings (SSSR count). The number of benzene rings is 1. The van der Waals surface area contributed by atoms with Crippen molar-refractivity contribution in [1.82, 2.24) is 0 Å². The molecule has 1 aromatic carbocycles. The van der Waals surface area contributed by atoms with Crippen molar-refractivity contribution >= 4 is 45.4 Å². The average Bonchev–Trinajstić information content (AvgIpc) is 3.27. The summed E-state index contributed by atoms with van der Waals surface area (Å²) >= 11 is 7.31. The third-order valence-corrected chi connectivity index (χ3v) is 6.52. The van der Waals surface area contributed by atoms with Crippen molar-refractivity contribution in [3.05, 3.63) is 70.1 Å². The van der Waals surface area contributed by atoms with Crippen LogP contribution in [0.3, 0.4) is 0 Å². The van der Waals surface area contributed by atoms with Gasteiger partial charge in [0.25, 0.3) is 0 Å². The molecule has 1 amide bonds. The molecule has 1 aromatic heterocycles. The second-order valence-electron chi connectivity index (χ2n) is 7.12. The molecule has 144 valence electrons. The largest absolute Gasteiger partial charge is 0.478 e. The maximum absolute atomic E-state index is 12.6. The lowest BCUT2D eigenvalue weighted by atomic mass is 9.97. The van der Waals surface area contributed by atoms with Crippen LogP contribution in [0.1, 0.15) is 52.2 Å². The number of aryl methyl sites for hydroxylation is 1. The van der Waals surface area contributed by atoms with E-state index in [1.807, 2.05) is 30.4 Å². The minimum absolute atomic E-state index is 0.0656. The van der Waals surface area contributed by atoms with E-state index in [0.29, 0.717) is 23.4 Å². The molecule has 0 radical (unpaired) electrons. The number of carbonyl (C=O) groups excluding carboxylic acids is 1. The van der Waals surface area contributed by atoms with Gasteiger partial charge in [-0.1, -0.05) is 42.5 Å². The first-order valence-corrected chi connectivity index (χ1v) is 10.6. The molecule has 0 saturated heterocycles. The van der Waals surface area contributed by atoms with Crippen molar-refractivity contribution in [3.63, 3.8) is 0 Å². The van der Waals surface area contributed by atoms with Crippen molar-refractivity contribution in [1.29, 1.82) is 0 Å². The van der Waals surface area contributed by atoms with Crippen LogP contribution in [0.15, 0.2) is 47.9 Å². The summed E-state index contributed by atoms with van der Waals surface area (Å²) in [6.45, 7) is 0. The molecular weight excluding hydrogens is 394 g/mol. The van der Waals surface area contributed by atoms with Gasteiger partial charge < -0.3 is 10.4 Å². The number of amides is 1. The summed E-state index contributed by atoms with van der Waals surface area (Å²) < 4.78 is 0. The third-order valence-electron chi connectivity index (χ3n) is 5.31. The number of anilines is 1. The quantitative estimate of drug-likeness (QED) is 0.640. The molecule has 0 aliphatic heterocycles. The predicted octanol–water partition coefficient (Wildman–Crippen LogP) is 5.46. The van der Waals surface area contributed by atoms with E-state index < -0.39 is 5.97 Å². The molecule has 2 aromatic rings. The summed E-state index contributed by atoms with van der Waals surface area (Å²) in [5.41, 5.74) is 4.14. The Bertz CT molecular complexity index is 991. The Balaban J connectivity index is 1.51. The number of hydrogen-bond acceptors (Lipinski definition) is 3. The smallest absolute Gasteiger partial charge is 0.339 e. The number of alkyl halides is 1. The van der Waals surface area contributed by atoms with Crippen LogP contribution in [0, 0.1) is 0 Å². The fourth-order valence-electron chi connectivity index (χ4n) is 3.93. The number of fused-ring (bicyclic) bond motifs is 1. The number of aromatic carboxylic acids is 1. The summed E-state index contributed by atoms with van der Waals surface area (Å²) in [6, 6.07) is 8.21. The fourth-order valence-corrected chi connectivity index (χ4v) is 5.07. The fraction of sp³-hybridized carbons (Fsp3) is 0.273. The summed E-state index contributed by atoms with van der Waals surface area (Å²) in [7, 11) is 0. The van der Waals surface area contributed by atoms with Crippen LogP contribution in [-0.4, -0.2) is 22.4 Å². The van der Waals surface area contributed by atoms with Crippen LogP contribution >= 0.6 is 22.9 Å². The molecule has 2 aliphatic carbocycles. The number of carboxylic acids is 1. The number of hydrogen-bond donors (Lipinski definition) is 2. The second-order valence-corrected chi connectivity index (χ2v) is 8.56.